The summed E-state index contributed by atoms with van der Waals surface area (Å²) in [6.07, 6.45) is 3.09. The number of hydrogen-bond donors (Lipinski definition) is 2. The lowest BCUT2D eigenvalue weighted by molar-refractivity contribution is 0.396. The van der Waals surface area contributed by atoms with E-state index in [4.69, 9.17) is 9.88 Å². The number of thiazole rings is 1. The molecular formula is C16H17N5O3S2. The van der Waals surface area contributed by atoms with Crippen molar-refractivity contribution in [2.45, 2.75) is 18.7 Å². The minimum Gasteiger partial charge on any atom is -0.480 e. The molecule has 3 N–H and O–H groups in total. The van der Waals surface area contributed by atoms with Crippen molar-refractivity contribution in [2.75, 3.05) is 12.4 Å². The Balaban J connectivity index is 1.92. The summed E-state index contributed by atoms with van der Waals surface area (Å²) in [7, 11) is -2.22. The fourth-order valence-corrected chi connectivity index (χ4v) is 4.18. The summed E-state index contributed by atoms with van der Waals surface area (Å²) in [5, 5.41) is 8.96. The molecule has 0 atom stereocenters. The van der Waals surface area contributed by atoms with Crippen LogP contribution in [0, 0.1) is 13.8 Å². The molecule has 2 aromatic heterocycles. The molecule has 1 aromatic carbocycles. The first-order chi connectivity index (χ1) is 12.3. The molecule has 2 heterocycles. The van der Waals surface area contributed by atoms with Gasteiger partial charge in [0, 0.05) is 0 Å². The van der Waals surface area contributed by atoms with Gasteiger partial charge in [-0.15, -0.1) is 0 Å². The molecule has 26 heavy (non-hydrogen) atoms. The highest BCUT2D eigenvalue weighted by Crippen LogP contribution is 2.35. The Morgan fingerprint density at radius 2 is 1.96 bits per heavy atom. The van der Waals surface area contributed by atoms with Gasteiger partial charge in [0.25, 0.3) is 0 Å². The highest BCUT2D eigenvalue weighted by molar-refractivity contribution is 7.89. The van der Waals surface area contributed by atoms with Crippen LogP contribution in [0.15, 0.2) is 35.5 Å². The molecule has 3 rings (SSSR count). The number of ether oxygens (including phenoxy) is 1. The van der Waals surface area contributed by atoms with Gasteiger partial charge in [0.05, 0.1) is 35.0 Å². The number of aromatic nitrogens is 3. The standard InChI is InChI=1S/C16H17N5O3S2/c1-9-6-11(4-5-12(9)26(17,22)23)15-10(2)19-16(25-15)21-13-7-18-8-14(20-13)24-3/h4-8H,1-3H3,(H2,17,22,23)(H,19,20,21). The Morgan fingerprint density at radius 1 is 1.19 bits per heavy atom. The predicted octanol–water partition coefficient (Wildman–Crippen LogP) is 2.62. The van der Waals surface area contributed by atoms with Crippen molar-refractivity contribution in [1.29, 1.82) is 0 Å². The second-order valence-electron chi connectivity index (χ2n) is 5.53. The van der Waals surface area contributed by atoms with Gasteiger partial charge >= 0.3 is 0 Å². The Bertz CT molecular complexity index is 1060. The number of nitrogens with two attached hydrogens (primary N) is 1. The number of rotatable bonds is 5. The average Bonchev–Trinajstić information content (AvgIpc) is 2.94. The first-order valence-corrected chi connectivity index (χ1v) is 9.88. The van der Waals surface area contributed by atoms with Crippen LogP contribution in [0.25, 0.3) is 10.4 Å². The number of benzene rings is 1. The average molecular weight is 391 g/mol. The third-order valence-corrected chi connectivity index (χ3v) is 5.79. The second kappa shape index (κ2) is 6.98. The second-order valence-corrected chi connectivity index (χ2v) is 8.06. The zero-order valence-corrected chi connectivity index (χ0v) is 16.0. The van der Waals surface area contributed by atoms with Crippen LogP contribution in [0.4, 0.5) is 10.9 Å². The Kier molecular flexibility index (Phi) is 4.90. The summed E-state index contributed by atoms with van der Waals surface area (Å²) >= 11 is 1.43. The number of aryl methyl sites for hydroxylation is 2. The van der Waals surface area contributed by atoms with Crippen molar-refractivity contribution in [3.8, 4) is 16.3 Å². The van der Waals surface area contributed by atoms with Gasteiger partial charge < -0.3 is 10.1 Å². The van der Waals surface area contributed by atoms with Crippen LogP contribution >= 0.6 is 11.3 Å². The van der Waals surface area contributed by atoms with Crippen LogP contribution < -0.4 is 15.2 Å². The first kappa shape index (κ1) is 18.2. The Morgan fingerprint density at radius 3 is 2.62 bits per heavy atom. The summed E-state index contributed by atoms with van der Waals surface area (Å²) < 4.78 is 28.2. The molecule has 0 saturated carbocycles. The summed E-state index contributed by atoms with van der Waals surface area (Å²) in [5.74, 6) is 0.920. The van der Waals surface area contributed by atoms with Crippen LogP contribution in [-0.2, 0) is 10.0 Å². The zero-order chi connectivity index (χ0) is 18.9. The van der Waals surface area contributed by atoms with Crippen molar-refractivity contribution in [2.24, 2.45) is 5.14 Å². The summed E-state index contributed by atoms with van der Waals surface area (Å²) in [6.45, 7) is 3.60. The topological polar surface area (TPSA) is 120 Å². The number of nitrogens with zero attached hydrogens (tertiary/aromatic N) is 3. The summed E-state index contributed by atoms with van der Waals surface area (Å²) in [6, 6.07) is 5.03. The zero-order valence-electron chi connectivity index (χ0n) is 14.3. The molecule has 0 unspecified atom stereocenters. The number of anilines is 2. The van der Waals surface area contributed by atoms with Crippen LogP contribution in [-0.4, -0.2) is 30.5 Å². The van der Waals surface area contributed by atoms with Crippen molar-refractivity contribution in [3.05, 3.63) is 41.9 Å². The van der Waals surface area contributed by atoms with Gasteiger partial charge in [-0.3, -0.25) is 4.98 Å². The lowest BCUT2D eigenvalue weighted by Gasteiger charge is -2.06. The lowest BCUT2D eigenvalue weighted by Crippen LogP contribution is -2.13. The minimum atomic E-state index is -3.74. The van der Waals surface area contributed by atoms with E-state index in [1.807, 2.05) is 6.92 Å². The molecule has 0 spiro atoms. The van der Waals surface area contributed by atoms with E-state index >= 15 is 0 Å². The van der Waals surface area contributed by atoms with Gasteiger partial charge in [-0.05, 0) is 37.1 Å². The van der Waals surface area contributed by atoms with Gasteiger partial charge in [-0.1, -0.05) is 17.4 Å². The predicted molar refractivity (Wildman–Crippen MR) is 100 cm³/mol. The van der Waals surface area contributed by atoms with E-state index < -0.39 is 10.0 Å². The van der Waals surface area contributed by atoms with Gasteiger partial charge in [0.15, 0.2) is 10.9 Å². The van der Waals surface area contributed by atoms with E-state index in [1.54, 1.807) is 25.3 Å². The third kappa shape index (κ3) is 3.82. The summed E-state index contributed by atoms with van der Waals surface area (Å²) in [4.78, 5) is 13.8. The van der Waals surface area contributed by atoms with Crippen LogP contribution in [0.3, 0.4) is 0 Å². The molecule has 10 heteroatoms. The number of sulfonamides is 1. The number of hydrogen-bond acceptors (Lipinski definition) is 8. The number of nitrogens with one attached hydrogen (secondary N) is 1. The van der Waals surface area contributed by atoms with E-state index in [9.17, 15) is 8.42 Å². The monoisotopic (exact) mass is 391 g/mol. The quantitative estimate of drug-likeness (QED) is 0.686. The number of methoxy groups -OCH3 is 1. The molecular weight excluding hydrogens is 374 g/mol. The molecule has 0 aliphatic carbocycles. The molecule has 136 valence electrons. The molecule has 8 nitrogen and oxygen atoms in total. The first-order valence-electron chi connectivity index (χ1n) is 7.52. The van der Waals surface area contributed by atoms with Crippen molar-refractivity contribution < 1.29 is 13.2 Å². The fraction of sp³-hybridized carbons (Fsp3) is 0.188. The van der Waals surface area contributed by atoms with E-state index in [0.29, 0.717) is 22.4 Å². The van der Waals surface area contributed by atoms with Crippen molar-refractivity contribution in [1.82, 2.24) is 15.0 Å². The molecule has 0 radical (unpaired) electrons. The fourth-order valence-electron chi connectivity index (χ4n) is 2.44. The normalized spacial score (nSPS) is 11.4. The third-order valence-electron chi connectivity index (χ3n) is 3.60. The molecule has 3 aromatic rings. The maximum absolute atomic E-state index is 11.6. The SMILES string of the molecule is COc1cncc(Nc2nc(C)c(-c3ccc(S(N)(=O)=O)c(C)c3)s2)n1. The molecule has 0 bridgehead atoms. The maximum atomic E-state index is 11.6. The van der Waals surface area contributed by atoms with E-state index in [1.165, 1.54) is 30.7 Å². The van der Waals surface area contributed by atoms with E-state index in [-0.39, 0.29) is 4.90 Å². The maximum Gasteiger partial charge on any atom is 0.238 e. The minimum absolute atomic E-state index is 0.119. The highest BCUT2D eigenvalue weighted by atomic mass is 32.2. The van der Waals surface area contributed by atoms with Crippen LogP contribution in [0.2, 0.25) is 0 Å². The van der Waals surface area contributed by atoms with Gasteiger partial charge in [-0.25, -0.2) is 18.5 Å². The molecule has 0 saturated heterocycles. The Hall–Kier alpha value is -2.56. The molecule has 0 aliphatic rings. The van der Waals surface area contributed by atoms with Crippen LogP contribution in [0.5, 0.6) is 5.88 Å². The van der Waals surface area contributed by atoms with Crippen LogP contribution in [0.1, 0.15) is 11.3 Å². The highest BCUT2D eigenvalue weighted by Gasteiger charge is 2.15. The smallest absolute Gasteiger partial charge is 0.238 e. The molecule has 0 fully saturated rings. The molecule has 0 amide bonds. The summed E-state index contributed by atoms with van der Waals surface area (Å²) in [5.41, 5.74) is 2.27. The van der Waals surface area contributed by atoms with Gasteiger partial charge in [0.2, 0.25) is 15.9 Å². The van der Waals surface area contributed by atoms with E-state index in [0.717, 1.165) is 16.1 Å². The largest absolute Gasteiger partial charge is 0.480 e. The molecule has 0 aliphatic heterocycles. The van der Waals surface area contributed by atoms with Gasteiger partial charge in [-0.2, -0.15) is 4.98 Å². The Labute approximate surface area is 155 Å². The van der Waals surface area contributed by atoms with Crippen molar-refractivity contribution in [3.63, 3.8) is 0 Å². The van der Waals surface area contributed by atoms with Crippen molar-refractivity contribution >= 4 is 32.3 Å². The lowest BCUT2D eigenvalue weighted by atomic mass is 10.1. The number of primary sulfonamides is 1. The van der Waals surface area contributed by atoms with Gasteiger partial charge in [0.1, 0.15) is 0 Å². The van der Waals surface area contributed by atoms with E-state index in [2.05, 4.69) is 20.3 Å².